The van der Waals surface area contributed by atoms with Gasteiger partial charge in [-0.1, -0.05) is 6.07 Å². The lowest BCUT2D eigenvalue weighted by Crippen LogP contribution is -2.06. The zero-order valence-corrected chi connectivity index (χ0v) is 14.2. The second kappa shape index (κ2) is 7.73. The third kappa shape index (κ3) is 4.41. The van der Waals surface area contributed by atoms with Crippen LogP contribution >= 0.6 is 0 Å². The monoisotopic (exact) mass is 357 g/mol. The number of hydrogen-bond donors (Lipinski definition) is 2. The Kier molecular flexibility index (Phi) is 5.21. The molecule has 0 aliphatic rings. The summed E-state index contributed by atoms with van der Waals surface area (Å²) in [5.74, 6) is -0.358. The molecule has 0 fully saturated rings. The molecule has 0 spiro atoms. The molecule has 0 saturated carbocycles. The predicted octanol–water partition coefficient (Wildman–Crippen LogP) is 4.42. The van der Waals surface area contributed by atoms with Crippen LogP contribution in [-0.2, 0) is 0 Å². The van der Waals surface area contributed by atoms with E-state index in [1.54, 1.807) is 12.1 Å². The van der Waals surface area contributed by atoms with Crippen LogP contribution in [0.4, 0.5) is 31.9 Å². The van der Waals surface area contributed by atoms with Crippen molar-refractivity contribution in [2.75, 3.05) is 10.6 Å². The average Bonchev–Trinajstić information content (AvgIpc) is 2.60. The molecule has 0 aliphatic heterocycles. The van der Waals surface area contributed by atoms with Crippen molar-refractivity contribution in [2.45, 2.75) is 20.0 Å². The summed E-state index contributed by atoms with van der Waals surface area (Å²) in [5, 5.41) is 13.2. The molecule has 0 unspecified atom stereocenters. The second-order valence-electron chi connectivity index (χ2n) is 5.70. The SMILES string of the molecule is CC(C)Oc1ccc(Nc2nncc(Nc3c(F)cccc3F)n2)cc1. The summed E-state index contributed by atoms with van der Waals surface area (Å²) in [4.78, 5) is 4.16. The van der Waals surface area contributed by atoms with E-state index < -0.39 is 11.6 Å². The van der Waals surface area contributed by atoms with E-state index >= 15 is 0 Å². The number of rotatable bonds is 6. The summed E-state index contributed by atoms with van der Waals surface area (Å²) in [6.45, 7) is 3.89. The Morgan fingerprint density at radius 3 is 2.31 bits per heavy atom. The fourth-order valence-corrected chi connectivity index (χ4v) is 2.18. The molecule has 26 heavy (non-hydrogen) atoms. The molecule has 3 rings (SSSR count). The highest BCUT2D eigenvalue weighted by Crippen LogP contribution is 2.23. The molecule has 0 atom stereocenters. The minimum Gasteiger partial charge on any atom is -0.491 e. The van der Waals surface area contributed by atoms with Gasteiger partial charge in [0.1, 0.15) is 23.1 Å². The van der Waals surface area contributed by atoms with E-state index in [9.17, 15) is 8.78 Å². The van der Waals surface area contributed by atoms with E-state index in [4.69, 9.17) is 4.74 Å². The van der Waals surface area contributed by atoms with Gasteiger partial charge < -0.3 is 15.4 Å². The number of halogens is 2. The van der Waals surface area contributed by atoms with Crippen molar-refractivity contribution < 1.29 is 13.5 Å². The highest BCUT2D eigenvalue weighted by atomic mass is 19.1. The van der Waals surface area contributed by atoms with Crippen molar-refractivity contribution in [3.8, 4) is 5.75 Å². The Morgan fingerprint density at radius 2 is 1.65 bits per heavy atom. The van der Waals surface area contributed by atoms with Gasteiger partial charge in [0, 0.05) is 5.69 Å². The van der Waals surface area contributed by atoms with Gasteiger partial charge in [-0.25, -0.2) is 8.78 Å². The van der Waals surface area contributed by atoms with E-state index in [-0.39, 0.29) is 23.6 Å². The maximum atomic E-state index is 13.7. The Labute approximate surface area is 149 Å². The fourth-order valence-electron chi connectivity index (χ4n) is 2.18. The lowest BCUT2D eigenvalue weighted by molar-refractivity contribution is 0.242. The van der Waals surface area contributed by atoms with Gasteiger partial charge in [0.2, 0.25) is 5.95 Å². The number of benzene rings is 2. The van der Waals surface area contributed by atoms with Gasteiger partial charge in [0.25, 0.3) is 0 Å². The summed E-state index contributed by atoms with van der Waals surface area (Å²) < 4.78 is 33.0. The Hall–Kier alpha value is -3.29. The van der Waals surface area contributed by atoms with Crippen molar-refractivity contribution in [2.24, 2.45) is 0 Å². The third-order valence-corrected chi connectivity index (χ3v) is 3.26. The van der Waals surface area contributed by atoms with Gasteiger partial charge in [-0.15, -0.1) is 5.10 Å². The Balaban J connectivity index is 1.73. The van der Waals surface area contributed by atoms with Crippen LogP contribution in [0.3, 0.4) is 0 Å². The van der Waals surface area contributed by atoms with Crippen LogP contribution in [0.15, 0.2) is 48.7 Å². The van der Waals surface area contributed by atoms with Gasteiger partial charge in [0.05, 0.1) is 12.3 Å². The minimum atomic E-state index is -0.723. The van der Waals surface area contributed by atoms with Gasteiger partial charge in [-0.3, -0.25) is 0 Å². The van der Waals surface area contributed by atoms with Gasteiger partial charge in [-0.2, -0.15) is 10.1 Å². The van der Waals surface area contributed by atoms with Crippen molar-refractivity contribution >= 4 is 23.1 Å². The molecule has 6 nitrogen and oxygen atoms in total. The lowest BCUT2D eigenvalue weighted by Gasteiger charge is -2.11. The van der Waals surface area contributed by atoms with Crippen molar-refractivity contribution in [3.63, 3.8) is 0 Å². The Morgan fingerprint density at radius 1 is 0.962 bits per heavy atom. The normalized spacial score (nSPS) is 10.7. The van der Waals surface area contributed by atoms with Crippen LogP contribution in [0.2, 0.25) is 0 Å². The molecular formula is C18H17F2N5O. The molecule has 0 bridgehead atoms. The quantitative estimate of drug-likeness (QED) is 0.680. The summed E-state index contributed by atoms with van der Waals surface area (Å²) in [6, 6.07) is 10.8. The Bertz CT molecular complexity index is 867. The summed E-state index contributed by atoms with van der Waals surface area (Å²) in [5.41, 5.74) is 0.422. The number of ether oxygens (including phenoxy) is 1. The first-order chi connectivity index (χ1) is 12.5. The summed E-state index contributed by atoms with van der Waals surface area (Å²) in [6.07, 6.45) is 1.36. The molecule has 3 aromatic rings. The van der Waals surface area contributed by atoms with Crippen molar-refractivity contribution in [1.82, 2.24) is 15.2 Å². The molecule has 2 aromatic carbocycles. The van der Waals surface area contributed by atoms with Crippen LogP contribution < -0.4 is 15.4 Å². The van der Waals surface area contributed by atoms with Crippen LogP contribution in [0, 0.1) is 11.6 Å². The molecule has 0 aliphatic carbocycles. The third-order valence-electron chi connectivity index (χ3n) is 3.26. The van der Waals surface area contributed by atoms with Crippen LogP contribution in [0.5, 0.6) is 5.75 Å². The first kappa shape index (κ1) is 17.5. The van der Waals surface area contributed by atoms with Gasteiger partial charge in [0.15, 0.2) is 5.82 Å². The second-order valence-corrected chi connectivity index (χ2v) is 5.70. The van der Waals surface area contributed by atoms with Crippen molar-refractivity contribution in [1.29, 1.82) is 0 Å². The molecule has 134 valence electrons. The first-order valence-electron chi connectivity index (χ1n) is 7.96. The fraction of sp³-hybridized carbons (Fsp3) is 0.167. The number of hydrogen-bond acceptors (Lipinski definition) is 6. The number of para-hydroxylation sites is 1. The van der Waals surface area contributed by atoms with Crippen molar-refractivity contribution in [3.05, 3.63) is 60.3 Å². The first-order valence-corrected chi connectivity index (χ1v) is 7.96. The van der Waals surface area contributed by atoms with E-state index in [1.807, 2.05) is 26.0 Å². The standard InChI is InChI=1S/C18H17F2N5O/c1-11(2)26-13-8-6-12(7-9-13)22-18-24-16(10-21-25-18)23-17-14(19)4-3-5-15(17)20/h3-11H,1-2H3,(H2,22,23,24,25). The number of anilines is 4. The van der Waals surface area contributed by atoms with E-state index in [1.165, 1.54) is 12.3 Å². The van der Waals surface area contributed by atoms with E-state index in [0.29, 0.717) is 0 Å². The van der Waals surface area contributed by atoms with Crippen LogP contribution in [-0.4, -0.2) is 21.3 Å². The zero-order valence-electron chi connectivity index (χ0n) is 14.2. The molecule has 1 aromatic heterocycles. The largest absolute Gasteiger partial charge is 0.491 e. The maximum absolute atomic E-state index is 13.7. The minimum absolute atomic E-state index is 0.0860. The van der Waals surface area contributed by atoms with Crippen LogP contribution in [0.25, 0.3) is 0 Å². The summed E-state index contributed by atoms with van der Waals surface area (Å²) in [7, 11) is 0. The molecule has 0 radical (unpaired) electrons. The summed E-state index contributed by atoms with van der Waals surface area (Å²) >= 11 is 0. The molecule has 1 heterocycles. The highest BCUT2D eigenvalue weighted by Gasteiger charge is 2.10. The average molecular weight is 357 g/mol. The molecule has 2 N–H and O–H groups in total. The van der Waals surface area contributed by atoms with E-state index in [0.717, 1.165) is 23.6 Å². The smallest absolute Gasteiger partial charge is 0.249 e. The molecule has 0 saturated heterocycles. The molecular weight excluding hydrogens is 340 g/mol. The van der Waals surface area contributed by atoms with Gasteiger partial charge in [-0.05, 0) is 50.2 Å². The topological polar surface area (TPSA) is 72.0 Å². The maximum Gasteiger partial charge on any atom is 0.249 e. The van der Waals surface area contributed by atoms with Gasteiger partial charge >= 0.3 is 0 Å². The van der Waals surface area contributed by atoms with E-state index in [2.05, 4.69) is 25.8 Å². The zero-order chi connectivity index (χ0) is 18.5. The number of aromatic nitrogens is 3. The highest BCUT2D eigenvalue weighted by molar-refractivity contribution is 5.59. The lowest BCUT2D eigenvalue weighted by atomic mass is 10.3. The van der Waals surface area contributed by atoms with Crippen LogP contribution in [0.1, 0.15) is 13.8 Å². The number of nitrogens with zero attached hydrogens (tertiary/aromatic N) is 3. The number of nitrogens with one attached hydrogen (secondary N) is 2. The predicted molar refractivity (Wildman–Crippen MR) is 95.0 cm³/mol. The molecule has 8 heteroatoms. The molecule has 0 amide bonds.